The van der Waals surface area contributed by atoms with Gasteiger partial charge < -0.3 is 9.32 Å². The molecule has 0 radical (unpaired) electrons. The third kappa shape index (κ3) is 3.71. The highest BCUT2D eigenvalue weighted by atomic mass is 35.5. The van der Waals surface area contributed by atoms with Crippen molar-refractivity contribution < 1.29 is 9.21 Å². The van der Waals surface area contributed by atoms with Gasteiger partial charge in [0.05, 0.1) is 18.3 Å². The summed E-state index contributed by atoms with van der Waals surface area (Å²) in [4.78, 5) is 19.4. The Bertz CT molecular complexity index is 1160. The maximum Gasteiger partial charge on any atom is 0.257 e. The largest absolute Gasteiger partial charge is 0.440 e. The maximum absolute atomic E-state index is 12.9. The highest BCUT2D eigenvalue weighted by Gasteiger charge is 2.28. The van der Waals surface area contributed by atoms with Gasteiger partial charge in [0.1, 0.15) is 5.52 Å². The first kappa shape index (κ1) is 18.9. The highest BCUT2D eigenvalue weighted by Crippen LogP contribution is 2.30. The second-order valence-electron chi connectivity index (χ2n) is 7.60. The van der Waals surface area contributed by atoms with E-state index in [0.29, 0.717) is 30.2 Å². The van der Waals surface area contributed by atoms with Gasteiger partial charge in [-0.1, -0.05) is 41.9 Å². The normalized spacial score (nSPS) is 15.0. The van der Waals surface area contributed by atoms with Crippen molar-refractivity contribution in [2.24, 2.45) is 0 Å². The fourth-order valence-electron chi connectivity index (χ4n) is 3.94. The summed E-state index contributed by atoms with van der Waals surface area (Å²) in [5.41, 5.74) is 3.27. The Hall–Kier alpha value is -3.12. The van der Waals surface area contributed by atoms with Gasteiger partial charge in [0.15, 0.2) is 11.5 Å². The zero-order chi connectivity index (χ0) is 20.5. The molecular weight excluding hydrogens is 400 g/mol. The summed E-state index contributed by atoms with van der Waals surface area (Å²) in [7, 11) is 0. The van der Waals surface area contributed by atoms with E-state index >= 15 is 0 Å². The molecule has 1 amide bonds. The molecule has 1 aliphatic rings. The van der Waals surface area contributed by atoms with Gasteiger partial charge in [0.25, 0.3) is 5.91 Å². The van der Waals surface area contributed by atoms with Crippen molar-refractivity contribution in [1.82, 2.24) is 19.7 Å². The molecule has 0 atom stereocenters. The van der Waals surface area contributed by atoms with Crippen LogP contribution in [0, 0.1) is 0 Å². The third-order valence-corrected chi connectivity index (χ3v) is 5.98. The Morgan fingerprint density at radius 2 is 1.87 bits per heavy atom. The van der Waals surface area contributed by atoms with E-state index in [1.807, 2.05) is 53.4 Å². The fraction of sp³-hybridized carbons (Fsp3) is 0.261. The summed E-state index contributed by atoms with van der Waals surface area (Å²) in [6.45, 7) is 1.89. The number of para-hydroxylation sites is 2. The minimum absolute atomic E-state index is 0.0106. The molecule has 30 heavy (non-hydrogen) atoms. The lowest BCUT2D eigenvalue weighted by molar-refractivity contribution is 0.0706. The Labute approximate surface area is 179 Å². The molecule has 4 aromatic rings. The van der Waals surface area contributed by atoms with Crippen LogP contribution in [0.1, 0.15) is 40.6 Å². The number of likely N-dealkylation sites (tertiary alicyclic amines) is 1. The lowest BCUT2D eigenvalue weighted by Gasteiger charge is -2.30. The minimum atomic E-state index is 0.0106. The van der Waals surface area contributed by atoms with Gasteiger partial charge in [0, 0.05) is 30.2 Å². The molecule has 0 bridgehead atoms. The van der Waals surface area contributed by atoms with Crippen LogP contribution in [0.25, 0.3) is 11.1 Å². The zero-order valence-corrected chi connectivity index (χ0v) is 17.1. The second kappa shape index (κ2) is 7.95. The molecule has 0 unspecified atom stereocenters. The molecule has 7 heteroatoms. The smallest absolute Gasteiger partial charge is 0.257 e. The van der Waals surface area contributed by atoms with Crippen molar-refractivity contribution in [1.29, 1.82) is 0 Å². The lowest BCUT2D eigenvalue weighted by Crippen LogP contribution is -2.37. The summed E-state index contributed by atoms with van der Waals surface area (Å²) >= 11 is 6.23. The van der Waals surface area contributed by atoms with Crippen LogP contribution in [0.2, 0.25) is 5.02 Å². The van der Waals surface area contributed by atoms with E-state index in [9.17, 15) is 4.79 Å². The summed E-state index contributed by atoms with van der Waals surface area (Å²) in [6.07, 6.45) is 5.10. The molecule has 0 spiro atoms. The summed E-state index contributed by atoms with van der Waals surface area (Å²) < 4.78 is 7.67. The maximum atomic E-state index is 12.9. The number of benzene rings is 2. The van der Waals surface area contributed by atoms with Gasteiger partial charge in [-0.15, -0.1) is 0 Å². The number of carbonyl (C=O) groups excluding carboxylic acids is 1. The van der Waals surface area contributed by atoms with Gasteiger partial charge >= 0.3 is 0 Å². The molecule has 152 valence electrons. The molecule has 3 heterocycles. The first-order valence-electron chi connectivity index (χ1n) is 10.1. The van der Waals surface area contributed by atoms with E-state index in [4.69, 9.17) is 16.0 Å². The number of hydrogen-bond donors (Lipinski definition) is 0. The first-order chi connectivity index (χ1) is 14.7. The number of carbonyl (C=O) groups is 1. The van der Waals surface area contributed by atoms with Crippen molar-refractivity contribution in [2.75, 3.05) is 13.1 Å². The van der Waals surface area contributed by atoms with Gasteiger partial charge in [0.2, 0.25) is 0 Å². The van der Waals surface area contributed by atoms with Crippen molar-refractivity contribution in [2.45, 2.75) is 25.3 Å². The Balaban J connectivity index is 1.23. The number of halogens is 1. The third-order valence-electron chi connectivity index (χ3n) is 5.61. The molecule has 0 aliphatic carbocycles. The first-order valence-corrected chi connectivity index (χ1v) is 10.5. The quantitative estimate of drug-likeness (QED) is 0.478. The summed E-state index contributed by atoms with van der Waals surface area (Å²) in [6, 6.07) is 15.5. The van der Waals surface area contributed by atoms with E-state index in [2.05, 4.69) is 10.1 Å². The van der Waals surface area contributed by atoms with E-state index in [1.165, 1.54) is 0 Å². The predicted octanol–water partition coefficient (Wildman–Crippen LogP) is 4.75. The van der Waals surface area contributed by atoms with Crippen LogP contribution in [-0.2, 0) is 6.54 Å². The minimum Gasteiger partial charge on any atom is -0.440 e. The molecule has 5 rings (SSSR count). The molecule has 6 nitrogen and oxygen atoms in total. The molecule has 0 N–H and O–H groups in total. The number of oxazole rings is 1. The van der Waals surface area contributed by atoms with Crippen molar-refractivity contribution in [3.63, 3.8) is 0 Å². The number of piperidine rings is 1. The van der Waals surface area contributed by atoms with E-state index in [1.54, 1.807) is 17.1 Å². The topological polar surface area (TPSA) is 64.2 Å². The van der Waals surface area contributed by atoms with Crippen LogP contribution in [-0.4, -0.2) is 38.7 Å². The van der Waals surface area contributed by atoms with Crippen LogP contribution in [0.5, 0.6) is 0 Å². The number of amides is 1. The van der Waals surface area contributed by atoms with Crippen molar-refractivity contribution in [3.8, 4) is 0 Å². The van der Waals surface area contributed by atoms with Gasteiger partial charge in [-0.05, 0) is 36.6 Å². The molecule has 1 aliphatic heterocycles. The van der Waals surface area contributed by atoms with Gasteiger partial charge in [-0.3, -0.25) is 9.48 Å². The Morgan fingerprint density at radius 3 is 2.67 bits per heavy atom. The molecule has 1 fully saturated rings. The summed E-state index contributed by atoms with van der Waals surface area (Å²) in [5, 5.41) is 5.04. The van der Waals surface area contributed by atoms with Crippen LogP contribution in [0.3, 0.4) is 0 Å². The van der Waals surface area contributed by atoms with E-state index < -0.39 is 0 Å². The van der Waals surface area contributed by atoms with Crippen molar-refractivity contribution in [3.05, 3.63) is 83.0 Å². The van der Waals surface area contributed by atoms with Gasteiger partial charge in [-0.2, -0.15) is 5.10 Å². The predicted molar refractivity (Wildman–Crippen MR) is 115 cm³/mol. The van der Waals surface area contributed by atoms with E-state index in [0.717, 1.165) is 35.4 Å². The summed E-state index contributed by atoms with van der Waals surface area (Å²) in [5.74, 6) is 1.02. The fourth-order valence-corrected chi connectivity index (χ4v) is 4.13. The van der Waals surface area contributed by atoms with Gasteiger partial charge in [-0.25, -0.2) is 4.98 Å². The molecule has 2 aromatic carbocycles. The molecule has 1 saturated heterocycles. The molecule has 0 saturated carbocycles. The number of fused-ring (bicyclic) bond motifs is 1. The van der Waals surface area contributed by atoms with Crippen molar-refractivity contribution >= 4 is 28.6 Å². The lowest BCUT2D eigenvalue weighted by atomic mass is 9.96. The molecular formula is C23H21ClN4O2. The zero-order valence-electron chi connectivity index (χ0n) is 16.4. The second-order valence-corrected chi connectivity index (χ2v) is 8.01. The molecule has 2 aromatic heterocycles. The average Bonchev–Trinajstić information content (AvgIpc) is 3.42. The Morgan fingerprint density at radius 1 is 1.10 bits per heavy atom. The number of rotatable bonds is 4. The number of hydrogen-bond acceptors (Lipinski definition) is 4. The van der Waals surface area contributed by atoms with Crippen LogP contribution >= 0.6 is 11.6 Å². The monoisotopic (exact) mass is 420 g/mol. The SMILES string of the molecule is O=C(c1cnn(Cc2ccccc2Cl)c1)N1CCC(c2nc3ccccc3o2)CC1. The standard InChI is InChI=1S/C23H21ClN4O2/c24-19-6-2-1-5-17(19)14-28-15-18(13-25-28)23(29)27-11-9-16(10-12-27)22-26-20-7-3-4-8-21(20)30-22/h1-8,13,15-16H,9-12,14H2. The van der Waals surface area contributed by atoms with Crippen LogP contribution < -0.4 is 0 Å². The average molecular weight is 421 g/mol. The van der Waals surface area contributed by atoms with Crippen LogP contribution in [0.4, 0.5) is 0 Å². The number of aromatic nitrogens is 3. The van der Waals surface area contributed by atoms with Crippen LogP contribution in [0.15, 0.2) is 65.3 Å². The Kier molecular flexibility index (Phi) is 5.01. The highest BCUT2D eigenvalue weighted by molar-refractivity contribution is 6.31. The van der Waals surface area contributed by atoms with E-state index in [-0.39, 0.29) is 11.8 Å². The number of nitrogens with zero attached hydrogens (tertiary/aromatic N) is 4.